The predicted octanol–water partition coefficient (Wildman–Crippen LogP) is 0.168. The molecule has 2 atom stereocenters. The minimum Gasteiger partial charge on any atom is -0.473 e. The molecule has 2 aromatic heterocycles. The first-order valence-electron chi connectivity index (χ1n) is 5.79. The van der Waals surface area contributed by atoms with Gasteiger partial charge in [-0.3, -0.25) is 0 Å². The molecule has 0 amide bonds. The van der Waals surface area contributed by atoms with E-state index in [0.717, 1.165) is 25.7 Å². The third-order valence-electron chi connectivity index (χ3n) is 3.00. The molecule has 2 aromatic rings. The van der Waals surface area contributed by atoms with Crippen LogP contribution in [0.3, 0.4) is 0 Å². The highest BCUT2D eigenvalue weighted by molar-refractivity contribution is 5.34. The van der Waals surface area contributed by atoms with Gasteiger partial charge >= 0.3 is 0 Å². The van der Waals surface area contributed by atoms with Crippen LogP contribution in [0.15, 0.2) is 12.1 Å². The zero-order valence-electron chi connectivity index (χ0n) is 9.36. The van der Waals surface area contributed by atoms with Crippen molar-refractivity contribution in [3.63, 3.8) is 0 Å². The van der Waals surface area contributed by atoms with Crippen LogP contribution in [0.5, 0.6) is 5.88 Å². The van der Waals surface area contributed by atoms with Gasteiger partial charge in [0.1, 0.15) is 6.10 Å². The summed E-state index contributed by atoms with van der Waals surface area (Å²) in [6, 6.07) is 3.81. The molecule has 0 spiro atoms. The Morgan fingerprint density at radius 3 is 3.18 bits per heavy atom. The van der Waals surface area contributed by atoms with Crippen molar-refractivity contribution in [3.05, 3.63) is 12.1 Å². The van der Waals surface area contributed by atoms with Gasteiger partial charge in [0.15, 0.2) is 5.65 Å². The molecule has 1 fully saturated rings. The highest BCUT2D eigenvalue weighted by Crippen LogP contribution is 2.21. The van der Waals surface area contributed by atoms with Crippen LogP contribution in [0.2, 0.25) is 0 Å². The number of tetrazole rings is 1. The van der Waals surface area contributed by atoms with E-state index in [1.54, 1.807) is 12.1 Å². The van der Waals surface area contributed by atoms with Gasteiger partial charge in [-0.15, -0.1) is 14.8 Å². The number of nitrogens with zero attached hydrogens (tertiary/aromatic N) is 5. The Labute approximate surface area is 97.9 Å². The van der Waals surface area contributed by atoms with Crippen molar-refractivity contribution < 1.29 is 4.74 Å². The summed E-state index contributed by atoms with van der Waals surface area (Å²) in [7, 11) is 0. The summed E-state index contributed by atoms with van der Waals surface area (Å²) in [5.74, 6) is 0.545. The summed E-state index contributed by atoms with van der Waals surface area (Å²) in [5.41, 5.74) is 6.52. The third-order valence-corrected chi connectivity index (χ3v) is 3.00. The van der Waals surface area contributed by atoms with Gasteiger partial charge in [0.05, 0.1) is 0 Å². The molecule has 0 saturated heterocycles. The van der Waals surface area contributed by atoms with E-state index in [1.165, 1.54) is 4.63 Å². The van der Waals surface area contributed by atoms with Crippen LogP contribution in [-0.4, -0.2) is 37.4 Å². The summed E-state index contributed by atoms with van der Waals surface area (Å²) < 4.78 is 7.15. The second-order valence-electron chi connectivity index (χ2n) is 4.36. The average molecular weight is 234 g/mol. The van der Waals surface area contributed by atoms with E-state index in [-0.39, 0.29) is 12.1 Å². The lowest BCUT2D eigenvalue weighted by Gasteiger charge is -2.26. The molecule has 2 heterocycles. The van der Waals surface area contributed by atoms with Gasteiger partial charge in [-0.2, -0.15) is 0 Å². The molecule has 0 aromatic carbocycles. The van der Waals surface area contributed by atoms with Gasteiger partial charge in [-0.1, -0.05) is 0 Å². The SMILES string of the molecule is NC1CCCC(Oc2ccc3nnnn3n2)C1. The van der Waals surface area contributed by atoms with Crippen LogP contribution >= 0.6 is 0 Å². The highest BCUT2D eigenvalue weighted by atomic mass is 16.5. The van der Waals surface area contributed by atoms with Gasteiger partial charge in [0.2, 0.25) is 5.88 Å². The van der Waals surface area contributed by atoms with Gasteiger partial charge in [-0.25, -0.2) is 0 Å². The number of hydrogen-bond acceptors (Lipinski definition) is 6. The molecule has 0 radical (unpaired) electrons. The van der Waals surface area contributed by atoms with E-state index >= 15 is 0 Å². The number of ether oxygens (including phenoxy) is 1. The van der Waals surface area contributed by atoms with E-state index in [9.17, 15) is 0 Å². The number of nitrogens with two attached hydrogens (primary N) is 1. The summed E-state index contributed by atoms with van der Waals surface area (Å²) in [6.45, 7) is 0. The second kappa shape index (κ2) is 4.25. The topological polar surface area (TPSA) is 91.2 Å². The molecule has 3 rings (SSSR count). The monoisotopic (exact) mass is 234 g/mol. The first kappa shape index (κ1) is 10.4. The van der Waals surface area contributed by atoms with Crippen molar-refractivity contribution in [1.29, 1.82) is 0 Å². The van der Waals surface area contributed by atoms with E-state index in [1.807, 2.05) is 0 Å². The second-order valence-corrected chi connectivity index (χ2v) is 4.36. The normalized spacial score (nSPS) is 25.0. The standard InChI is InChI=1S/C10H14N6O/c11-7-2-1-3-8(6-7)17-10-5-4-9-12-14-15-16(9)13-10/h4-5,7-8H,1-3,6,11H2. The molecule has 1 saturated carbocycles. The first-order valence-corrected chi connectivity index (χ1v) is 5.79. The van der Waals surface area contributed by atoms with Crippen molar-refractivity contribution in [2.45, 2.75) is 37.8 Å². The molecule has 0 bridgehead atoms. The first-order chi connectivity index (χ1) is 8.31. The fraction of sp³-hybridized carbons (Fsp3) is 0.600. The molecule has 1 aliphatic carbocycles. The highest BCUT2D eigenvalue weighted by Gasteiger charge is 2.21. The number of fused-ring (bicyclic) bond motifs is 1. The Morgan fingerprint density at radius 1 is 1.35 bits per heavy atom. The zero-order valence-corrected chi connectivity index (χ0v) is 9.36. The van der Waals surface area contributed by atoms with Crippen molar-refractivity contribution in [3.8, 4) is 5.88 Å². The molecule has 90 valence electrons. The maximum absolute atomic E-state index is 5.91. The minimum atomic E-state index is 0.153. The average Bonchev–Trinajstić information content (AvgIpc) is 2.76. The maximum atomic E-state index is 5.91. The smallest absolute Gasteiger partial charge is 0.233 e. The van der Waals surface area contributed by atoms with Crippen molar-refractivity contribution in [2.24, 2.45) is 5.73 Å². The Kier molecular flexibility index (Phi) is 2.60. The van der Waals surface area contributed by atoms with E-state index < -0.39 is 0 Å². The van der Waals surface area contributed by atoms with Crippen molar-refractivity contribution in [1.82, 2.24) is 25.3 Å². The van der Waals surface area contributed by atoms with Crippen LogP contribution in [-0.2, 0) is 0 Å². The molecule has 7 nitrogen and oxygen atoms in total. The lowest BCUT2D eigenvalue weighted by Crippen LogP contribution is -2.33. The Bertz CT molecular complexity index is 512. The van der Waals surface area contributed by atoms with E-state index in [2.05, 4.69) is 20.6 Å². The molecule has 0 aliphatic heterocycles. The molecule has 17 heavy (non-hydrogen) atoms. The molecule has 7 heteroatoms. The summed E-state index contributed by atoms with van der Waals surface area (Å²) in [4.78, 5) is 0. The number of rotatable bonds is 2. The lowest BCUT2D eigenvalue weighted by atomic mass is 9.94. The summed E-state index contributed by atoms with van der Waals surface area (Å²) in [6.07, 6.45) is 4.26. The molecule has 2 unspecified atom stereocenters. The number of aromatic nitrogens is 5. The van der Waals surface area contributed by atoms with Gasteiger partial charge < -0.3 is 10.5 Å². The van der Waals surface area contributed by atoms with Crippen LogP contribution < -0.4 is 10.5 Å². The lowest BCUT2D eigenvalue weighted by molar-refractivity contribution is 0.136. The summed E-state index contributed by atoms with van der Waals surface area (Å²) in [5, 5.41) is 15.2. The van der Waals surface area contributed by atoms with Crippen molar-refractivity contribution >= 4 is 5.65 Å². The molecule has 2 N–H and O–H groups in total. The van der Waals surface area contributed by atoms with Crippen LogP contribution in [0.4, 0.5) is 0 Å². The zero-order chi connectivity index (χ0) is 11.7. The Balaban J connectivity index is 1.75. The summed E-state index contributed by atoms with van der Waals surface area (Å²) >= 11 is 0. The maximum Gasteiger partial charge on any atom is 0.233 e. The quantitative estimate of drug-likeness (QED) is 0.796. The predicted molar refractivity (Wildman–Crippen MR) is 59.4 cm³/mol. The molecule has 1 aliphatic rings. The van der Waals surface area contributed by atoms with Gasteiger partial charge in [0.25, 0.3) is 0 Å². The Hall–Kier alpha value is -1.76. The molecular weight excluding hydrogens is 220 g/mol. The Morgan fingerprint density at radius 2 is 2.29 bits per heavy atom. The van der Waals surface area contributed by atoms with E-state index in [0.29, 0.717) is 11.5 Å². The van der Waals surface area contributed by atoms with Crippen LogP contribution in [0.1, 0.15) is 25.7 Å². The van der Waals surface area contributed by atoms with E-state index in [4.69, 9.17) is 10.5 Å². The van der Waals surface area contributed by atoms with Gasteiger partial charge in [0, 0.05) is 12.1 Å². The van der Waals surface area contributed by atoms with Gasteiger partial charge in [-0.05, 0) is 42.2 Å². The fourth-order valence-corrected chi connectivity index (χ4v) is 2.16. The van der Waals surface area contributed by atoms with Crippen LogP contribution in [0.25, 0.3) is 5.65 Å². The van der Waals surface area contributed by atoms with Crippen molar-refractivity contribution in [2.75, 3.05) is 0 Å². The number of hydrogen-bond donors (Lipinski definition) is 1. The van der Waals surface area contributed by atoms with Crippen LogP contribution in [0, 0.1) is 0 Å². The largest absolute Gasteiger partial charge is 0.473 e. The molecular formula is C10H14N6O. The third kappa shape index (κ3) is 2.19. The fourth-order valence-electron chi connectivity index (χ4n) is 2.16. The minimum absolute atomic E-state index is 0.153.